The molecule has 1 heterocycles. The molecule has 1 N–H and O–H groups in total. The van der Waals surface area contributed by atoms with Crippen molar-refractivity contribution >= 4 is 17.8 Å². The van der Waals surface area contributed by atoms with Crippen molar-refractivity contribution in [3.63, 3.8) is 0 Å². The van der Waals surface area contributed by atoms with Crippen LogP contribution in [0.1, 0.15) is 63.4 Å². The minimum absolute atomic E-state index is 0.0251. The maximum absolute atomic E-state index is 13.5. The number of esters is 1. The Kier molecular flexibility index (Phi) is 7.65. The monoisotopic (exact) mass is 495 g/mol. The number of carbonyl (C=O) groups excluding carboxylic acids is 3. The van der Waals surface area contributed by atoms with Gasteiger partial charge in [-0.1, -0.05) is 30.3 Å². The molecule has 5 fully saturated rings. The molecule has 5 aliphatic rings. The number of hydrogen-bond donors (Lipinski definition) is 1. The van der Waals surface area contributed by atoms with Crippen molar-refractivity contribution in [3.05, 3.63) is 35.9 Å². The average molecular weight is 496 g/mol. The van der Waals surface area contributed by atoms with Crippen molar-refractivity contribution in [3.8, 4) is 0 Å². The Bertz CT molecular complexity index is 906. The van der Waals surface area contributed by atoms with Crippen LogP contribution in [0.4, 0.5) is 0 Å². The zero-order valence-corrected chi connectivity index (χ0v) is 21.6. The second-order valence-corrected chi connectivity index (χ2v) is 11.9. The Hall–Kier alpha value is -2.41. The highest BCUT2D eigenvalue weighted by atomic mass is 16.5. The van der Waals surface area contributed by atoms with E-state index in [-0.39, 0.29) is 36.0 Å². The van der Waals surface area contributed by atoms with Crippen LogP contribution in [-0.4, -0.2) is 66.9 Å². The highest BCUT2D eigenvalue weighted by molar-refractivity contribution is 5.88. The third kappa shape index (κ3) is 5.93. The van der Waals surface area contributed by atoms with Crippen molar-refractivity contribution in [1.82, 2.24) is 15.1 Å². The zero-order chi connectivity index (χ0) is 25.1. The van der Waals surface area contributed by atoms with E-state index in [0.717, 1.165) is 56.7 Å². The number of carbonyl (C=O) groups is 3. The molecule has 0 radical (unpaired) electrons. The summed E-state index contributed by atoms with van der Waals surface area (Å²) in [6, 6.07) is 9.69. The number of ether oxygens (including phenoxy) is 1. The molecule has 1 aromatic rings. The van der Waals surface area contributed by atoms with E-state index in [1.54, 1.807) is 0 Å². The maximum Gasteiger partial charge on any atom is 0.305 e. The topological polar surface area (TPSA) is 78.9 Å². The molecule has 0 spiro atoms. The molecule has 6 rings (SSSR count). The SMILES string of the molecule is COC(=O)CCC(NC(=O)CC12CC3CC(CC(C3)C1)C2)C(=O)N1CCN(Cc2ccccc2)CC1. The average Bonchev–Trinajstić information content (AvgIpc) is 2.86. The van der Waals surface area contributed by atoms with Gasteiger partial charge in [0.15, 0.2) is 0 Å². The normalized spacial score (nSPS) is 30.1. The van der Waals surface area contributed by atoms with Crippen molar-refractivity contribution in [2.24, 2.45) is 23.2 Å². The first-order valence-corrected chi connectivity index (χ1v) is 13.8. The van der Waals surface area contributed by atoms with E-state index in [1.165, 1.54) is 31.9 Å². The molecule has 4 saturated carbocycles. The Morgan fingerprint density at radius 2 is 1.58 bits per heavy atom. The first-order valence-electron chi connectivity index (χ1n) is 13.8. The van der Waals surface area contributed by atoms with Gasteiger partial charge >= 0.3 is 5.97 Å². The predicted molar refractivity (Wildman–Crippen MR) is 137 cm³/mol. The molecule has 1 atom stereocenters. The third-order valence-corrected chi connectivity index (χ3v) is 9.13. The summed E-state index contributed by atoms with van der Waals surface area (Å²) < 4.78 is 4.81. The lowest BCUT2D eigenvalue weighted by Gasteiger charge is -2.56. The standard InChI is InChI=1S/C29H41N3O4/c1-36-27(34)8-7-25(28(35)32-11-9-31(10-12-32)20-21-5-3-2-4-6-21)30-26(33)19-29-16-22-13-23(17-29)15-24(14-22)18-29/h2-6,22-25H,7-20H2,1H3,(H,30,33). The van der Waals surface area contributed by atoms with E-state index < -0.39 is 6.04 Å². The summed E-state index contributed by atoms with van der Waals surface area (Å²) in [5.74, 6) is 1.91. The first-order chi connectivity index (χ1) is 17.4. The first kappa shape index (κ1) is 25.2. The molecule has 1 saturated heterocycles. The number of benzene rings is 1. The fourth-order valence-electron chi connectivity index (χ4n) is 7.90. The van der Waals surface area contributed by atoms with E-state index >= 15 is 0 Å². The van der Waals surface area contributed by atoms with Gasteiger partial charge in [0.1, 0.15) is 6.04 Å². The maximum atomic E-state index is 13.5. The minimum Gasteiger partial charge on any atom is -0.469 e. The molecule has 1 unspecified atom stereocenters. The van der Waals surface area contributed by atoms with Gasteiger partial charge in [0, 0.05) is 45.6 Å². The Morgan fingerprint density at radius 1 is 0.972 bits per heavy atom. The smallest absolute Gasteiger partial charge is 0.305 e. The van der Waals surface area contributed by atoms with Crippen LogP contribution in [0, 0.1) is 23.2 Å². The van der Waals surface area contributed by atoms with Crippen LogP contribution in [0.3, 0.4) is 0 Å². The fraction of sp³-hybridized carbons (Fsp3) is 0.690. The van der Waals surface area contributed by atoms with Crippen LogP contribution < -0.4 is 5.32 Å². The van der Waals surface area contributed by atoms with Gasteiger partial charge in [0.2, 0.25) is 11.8 Å². The van der Waals surface area contributed by atoms with Crippen LogP contribution in [0.5, 0.6) is 0 Å². The lowest BCUT2D eigenvalue weighted by molar-refractivity contribution is -0.143. The Morgan fingerprint density at radius 3 is 2.17 bits per heavy atom. The molecule has 196 valence electrons. The van der Waals surface area contributed by atoms with E-state index in [4.69, 9.17) is 4.74 Å². The molecule has 7 heteroatoms. The van der Waals surface area contributed by atoms with Gasteiger partial charge in [-0.2, -0.15) is 0 Å². The van der Waals surface area contributed by atoms with Crippen molar-refractivity contribution < 1.29 is 19.1 Å². The van der Waals surface area contributed by atoms with Crippen LogP contribution in [0.25, 0.3) is 0 Å². The van der Waals surface area contributed by atoms with Gasteiger partial charge in [-0.25, -0.2) is 0 Å². The number of amides is 2. The lowest BCUT2D eigenvalue weighted by atomic mass is 9.49. The number of nitrogens with one attached hydrogen (secondary N) is 1. The quantitative estimate of drug-likeness (QED) is 0.532. The van der Waals surface area contributed by atoms with Gasteiger partial charge in [0.05, 0.1) is 7.11 Å². The molecule has 4 bridgehead atoms. The van der Waals surface area contributed by atoms with Crippen LogP contribution in [-0.2, 0) is 25.7 Å². The van der Waals surface area contributed by atoms with Crippen LogP contribution in [0.2, 0.25) is 0 Å². The molecular formula is C29H41N3O4. The van der Waals surface area contributed by atoms with Gasteiger partial charge in [0.25, 0.3) is 0 Å². The van der Waals surface area contributed by atoms with Crippen LogP contribution >= 0.6 is 0 Å². The van der Waals surface area contributed by atoms with Crippen LogP contribution in [0.15, 0.2) is 30.3 Å². The Balaban J connectivity index is 1.17. The molecule has 4 aliphatic carbocycles. The zero-order valence-electron chi connectivity index (χ0n) is 21.6. The van der Waals surface area contributed by atoms with E-state index in [0.29, 0.717) is 19.5 Å². The van der Waals surface area contributed by atoms with Crippen molar-refractivity contribution in [2.45, 2.75) is 70.4 Å². The molecule has 0 aromatic heterocycles. The molecule has 2 amide bonds. The highest BCUT2D eigenvalue weighted by Gasteiger charge is 2.51. The largest absolute Gasteiger partial charge is 0.469 e. The van der Waals surface area contributed by atoms with Gasteiger partial charge in [-0.05, 0) is 73.7 Å². The number of methoxy groups -OCH3 is 1. The lowest BCUT2D eigenvalue weighted by Crippen LogP contribution is -2.55. The summed E-state index contributed by atoms with van der Waals surface area (Å²) in [4.78, 5) is 42.9. The molecular weight excluding hydrogens is 454 g/mol. The molecule has 36 heavy (non-hydrogen) atoms. The van der Waals surface area contributed by atoms with E-state index in [9.17, 15) is 14.4 Å². The van der Waals surface area contributed by atoms with Gasteiger partial charge in [-0.3, -0.25) is 19.3 Å². The summed E-state index contributed by atoms with van der Waals surface area (Å²) >= 11 is 0. The van der Waals surface area contributed by atoms with E-state index in [1.807, 2.05) is 23.1 Å². The number of hydrogen-bond acceptors (Lipinski definition) is 5. The molecule has 7 nitrogen and oxygen atoms in total. The summed E-state index contributed by atoms with van der Waals surface area (Å²) in [7, 11) is 1.36. The third-order valence-electron chi connectivity index (χ3n) is 9.13. The molecule has 1 aromatic carbocycles. The minimum atomic E-state index is -0.675. The second kappa shape index (κ2) is 10.9. The predicted octanol–water partition coefficient (Wildman–Crippen LogP) is 3.38. The van der Waals surface area contributed by atoms with Gasteiger partial charge in [-0.15, -0.1) is 0 Å². The highest BCUT2D eigenvalue weighted by Crippen LogP contribution is 2.61. The summed E-state index contributed by atoms with van der Waals surface area (Å²) in [6.45, 7) is 3.73. The summed E-state index contributed by atoms with van der Waals surface area (Å²) in [5.41, 5.74) is 1.39. The number of nitrogens with zero attached hydrogens (tertiary/aromatic N) is 2. The Labute approximate surface area is 214 Å². The summed E-state index contributed by atoms with van der Waals surface area (Å²) in [5, 5.41) is 3.07. The van der Waals surface area contributed by atoms with Gasteiger partial charge < -0.3 is 15.0 Å². The number of rotatable bonds is 9. The van der Waals surface area contributed by atoms with E-state index in [2.05, 4.69) is 22.3 Å². The fourth-order valence-corrected chi connectivity index (χ4v) is 7.90. The summed E-state index contributed by atoms with van der Waals surface area (Å²) in [6.07, 6.45) is 8.44. The second-order valence-electron chi connectivity index (χ2n) is 11.9. The molecule has 1 aliphatic heterocycles. The number of piperazine rings is 1. The van der Waals surface area contributed by atoms with Crippen molar-refractivity contribution in [1.29, 1.82) is 0 Å². The van der Waals surface area contributed by atoms with Crippen molar-refractivity contribution in [2.75, 3.05) is 33.3 Å².